The molecule has 3 aromatic rings. The Balaban J connectivity index is 1.92. The maximum atomic E-state index is 12.3. The number of hydrogen-bond acceptors (Lipinski definition) is 7. The SMILES string of the molecule is CSc1nnnn1-c1cccc(NS(=O)(=O)c2cnn(C)c2)c1. The summed E-state index contributed by atoms with van der Waals surface area (Å²) in [5.41, 5.74) is 1.07. The van der Waals surface area contributed by atoms with E-state index in [1.165, 1.54) is 33.5 Å². The summed E-state index contributed by atoms with van der Waals surface area (Å²) in [6.45, 7) is 0. The van der Waals surface area contributed by atoms with Gasteiger partial charge in [-0.15, -0.1) is 5.10 Å². The van der Waals surface area contributed by atoms with E-state index in [9.17, 15) is 8.42 Å². The number of sulfonamides is 1. The second kappa shape index (κ2) is 6.01. The van der Waals surface area contributed by atoms with Crippen LogP contribution >= 0.6 is 11.8 Å². The zero-order valence-corrected chi connectivity index (χ0v) is 13.9. The van der Waals surface area contributed by atoms with Gasteiger partial charge in [0.2, 0.25) is 5.16 Å². The molecule has 11 heteroatoms. The van der Waals surface area contributed by atoms with E-state index < -0.39 is 10.0 Å². The molecular formula is C12H13N7O2S2. The minimum atomic E-state index is -3.69. The highest BCUT2D eigenvalue weighted by molar-refractivity contribution is 7.98. The lowest BCUT2D eigenvalue weighted by atomic mass is 10.3. The molecule has 0 bridgehead atoms. The van der Waals surface area contributed by atoms with Gasteiger partial charge in [-0.05, 0) is 34.9 Å². The first-order valence-corrected chi connectivity index (χ1v) is 9.15. The zero-order valence-electron chi connectivity index (χ0n) is 12.3. The van der Waals surface area contributed by atoms with Crippen LogP contribution in [0.4, 0.5) is 5.69 Å². The molecule has 0 aliphatic carbocycles. The molecule has 0 radical (unpaired) electrons. The van der Waals surface area contributed by atoms with Gasteiger partial charge in [0.15, 0.2) is 0 Å². The number of aromatic nitrogens is 6. The van der Waals surface area contributed by atoms with Gasteiger partial charge in [0, 0.05) is 13.2 Å². The van der Waals surface area contributed by atoms with Crippen LogP contribution in [0.15, 0.2) is 46.7 Å². The van der Waals surface area contributed by atoms with Crippen molar-refractivity contribution in [3.8, 4) is 5.69 Å². The zero-order chi connectivity index (χ0) is 16.4. The Hall–Kier alpha value is -2.40. The average Bonchev–Trinajstić information content (AvgIpc) is 3.15. The fourth-order valence-corrected chi connectivity index (χ4v) is 3.39. The highest BCUT2D eigenvalue weighted by Crippen LogP contribution is 2.21. The van der Waals surface area contributed by atoms with Crippen molar-refractivity contribution in [2.24, 2.45) is 7.05 Å². The molecule has 0 unspecified atom stereocenters. The molecule has 1 aromatic carbocycles. The van der Waals surface area contributed by atoms with Gasteiger partial charge in [0.1, 0.15) is 4.90 Å². The lowest BCUT2D eigenvalue weighted by Gasteiger charge is -2.08. The Morgan fingerprint density at radius 1 is 1.30 bits per heavy atom. The van der Waals surface area contributed by atoms with Crippen molar-refractivity contribution < 1.29 is 8.42 Å². The van der Waals surface area contributed by atoms with E-state index in [2.05, 4.69) is 25.3 Å². The molecule has 0 fully saturated rings. The number of hydrogen-bond donors (Lipinski definition) is 1. The lowest BCUT2D eigenvalue weighted by Crippen LogP contribution is -2.12. The van der Waals surface area contributed by atoms with Gasteiger partial charge < -0.3 is 0 Å². The summed E-state index contributed by atoms with van der Waals surface area (Å²) < 4.78 is 30.1. The summed E-state index contributed by atoms with van der Waals surface area (Å²) in [5, 5.41) is 15.9. The molecule has 9 nitrogen and oxygen atoms in total. The minimum absolute atomic E-state index is 0.0950. The molecule has 2 heterocycles. The number of thioether (sulfide) groups is 1. The predicted molar refractivity (Wildman–Crippen MR) is 85.0 cm³/mol. The van der Waals surface area contributed by atoms with Gasteiger partial charge in [-0.2, -0.15) is 9.78 Å². The van der Waals surface area contributed by atoms with E-state index in [4.69, 9.17) is 0 Å². The molecule has 23 heavy (non-hydrogen) atoms. The van der Waals surface area contributed by atoms with Crippen molar-refractivity contribution in [1.82, 2.24) is 30.0 Å². The van der Waals surface area contributed by atoms with Crippen LogP contribution in [0.25, 0.3) is 5.69 Å². The molecule has 0 amide bonds. The first-order chi connectivity index (χ1) is 11.0. The van der Waals surface area contributed by atoms with Crippen LogP contribution in [0.1, 0.15) is 0 Å². The van der Waals surface area contributed by atoms with Crippen molar-refractivity contribution in [3.63, 3.8) is 0 Å². The van der Waals surface area contributed by atoms with Gasteiger partial charge in [0.25, 0.3) is 10.0 Å². The molecule has 0 atom stereocenters. The summed E-state index contributed by atoms with van der Waals surface area (Å²) in [6, 6.07) is 6.82. The Labute approximate surface area is 136 Å². The molecule has 0 saturated heterocycles. The summed E-state index contributed by atoms with van der Waals surface area (Å²) in [4.78, 5) is 0.0950. The molecule has 3 rings (SSSR count). The molecule has 0 spiro atoms. The van der Waals surface area contributed by atoms with Gasteiger partial charge in [-0.3, -0.25) is 9.40 Å². The Morgan fingerprint density at radius 3 is 2.83 bits per heavy atom. The molecule has 0 aliphatic heterocycles. The molecule has 0 saturated carbocycles. The molecule has 2 aromatic heterocycles. The van der Waals surface area contributed by atoms with Crippen molar-refractivity contribution in [2.45, 2.75) is 10.1 Å². The van der Waals surface area contributed by atoms with E-state index in [1.807, 2.05) is 6.26 Å². The van der Waals surface area contributed by atoms with Crippen molar-refractivity contribution >= 4 is 27.5 Å². The number of rotatable bonds is 5. The van der Waals surface area contributed by atoms with Crippen LogP contribution < -0.4 is 4.72 Å². The summed E-state index contributed by atoms with van der Waals surface area (Å²) in [7, 11) is -2.04. The van der Waals surface area contributed by atoms with Gasteiger partial charge in [-0.1, -0.05) is 17.8 Å². The van der Waals surface area contributed by atoms with Crippen LogP contribution in [-0.2, 0) is 17.1 Å². The van der Waals surface area contributed by atoms with Gasteiger partial charge in [-0.25, -0.2) is 8.42 Å². The summed E-state index contributed by atoms with van der Waals surface area (Å²) in [5.74, 6) is 0. The van der Waals surface area contributed by atoms with Crippen LogP contribution in [0.5, 0.6) is 0 Å². The highest BCUT2D eigenvalue weighted by atomic mass is 32.2. The van der Waals surface area contributed by atoms with Gasteiger partial charge >= 0.3 is 0 Å². The third kappa shape index (κ3) is 3.19. The highest BCUT2D eigenvalue weighted by Gasteiger charge is 2.17. The Bertz CT molecular complexity index is 932. The minimum Gasteiger partial charge on any atom is -0.279 e. The molecule has 120 valence electrons. The quantitative estimate of drug-likeness (QED) is 0.681. The monoisotopic (exact) mass is 351 g/mol. The fraction of sp³-hybridized carbons (Fsp3) is 0.167. The maximum Gasteiger partial charge on any atom is 0.265 e. The van der Waals surface area contributed by atoms with Gasteiger partial charge in [0.05, 0.1) is 17.6 Å². The van der Waals surface area contributed by atoms with Crippen molar-refractivity contribution in [2.75, 3.05) is 11.0 Å². The van der Waals surface area contributed by atoms with E-state index in [1.54, 1.807) is 31.3 Å². The topological polar surface area (TPSA) is 108 Å². The largest absolute Gasteiger partial charge is 0.279 e. The average molecular weight is 351 g/mol. The fourth-order valence-electron chi connectivity index (χ4n) is 1.92. The number of aryl methyl sites for hydroxylation is 1. The normalized spacial score (nSPS) is 11.6. The van der Waals surface area contributed by atoms with Crippen molar-refractivity contribution in [1.29, 1.82) is 0 Å². The standard InChI is InChI=1S/C12H13N7O2S2/c1-18-8-11(7-13-18)23(20,21)15-9-4-3-5-10(6-9)19-12(22-2)14-16-17-19/h3-8,15H,1-2H3. The second-order valence-corrected chi connectivity index (χ2v) is 7.04. The van der Waals surface area contributed by atoms with E-state index in [0.29, 0.717) is 16.5 Å². The van der Waals surface area contributed by atoms with E-state index in [0.717, 1.165) is 0 Å². The first kappa shape index (κ1) is 15.5. The predicted octanol–water partition coefficient (Wildman–Crippen LogP) is 0.918. The number of tetrazole rings is 1. The smallest absolute Gasteiger partial charge is 0.265 e. The van der Waals surface area contributed by atoms with Crippen LogP contribution in [0.3, 0.4) is 0 Å². The Morgan fingerprint density at radius 2 is 2.13 bits per heavy atom. The van der Waals surface area contributed by atoms with Crippen LogP contribution in [0, 0.1) is 0 Å². The second-order valence-electron chi connectivity index (χ2n) is 4.58. The first-order valence-electron chi connectivity index (χ1n) is 6.44. The summed E-state index contributed by atoms with van der Waals surface area (Å²) in [6.07, 6.45) is 4.58. The number of benzene rings is 1. The Kier molecular flexibility index (Phi) is 4.05. The van der Waals surface area contributed by atoms with Crippen LogP contribution in [0.2, 0.25) is 0 Å². The third-order valence-electron chi connectivity index (χ3n) is 2.96. The number of nitrogens with one attached hydrogen (secondary N) is 1. The lowest BCUT2D eigenvalue weighted by molar-refractivity contribution is 0.601. The van der Waals surface area contributed by atoms with E-state index >= 15 is 0 Å². The van der Waals surface area contributed by atoms with Crippen molar-refractivity contribution in [3.05, 3.63) is 36.7 Å². The number of nitrogens with zero attached hydrogens (tertiary/aromatic N) is 6. The van der Waals surface area contributed by atoms with E-state index in [-0.39, 0.29) is 4.90 Å². The third-order valence-corrected chi connectivity index (χ3v) is 4.91. The maximum absolute atomic E-state index is 12.3. The van der Waals surface area contributed by atoms with Crippen LogP contribution in [-0.4, -0.2) is 44.7 Å². The number of anilines is 1. The molecule has 1 N–H and O–H groups in total. The molecule has 0 aliphatic rings. The summed E-state index contributed by atoms with van der Waals surface area (Å²) >= 11 is 1.39. The molecular weight excluding hydrogens is 338 g/mol.